The van der Waals surface area contributed by atoms with Crippen LogP contribution >= 0.6 is 143 Å². The smallest absolute Gasteiger partial charge is 0.322 e. The highest BCUT2D eigenvalue weighted by molar-refractivity contribution is 9.11. The molecular weight excluding hydrogens is 2240 g/mol. The fourth-order valence-electron chi connectivity index (χ4n) is 9.27. The number of alkyl halides is 9. The number of nitrogens with two attached hydrogens (primary N) is 1. The predicted octanol–water partition coefficient (Wildman–Crippen LogP) is 6.60. The van der Waals surface area contributed by atoms with Crippen LogP contribution in [0.2, 0.25) is 0 Å². The number of ketones is 1. The molecule has 46 heteroatoms. The van der Waals surface area contributed by atoms with Gasteiger partial charge in [-0.3, -0.25) is 76.7 Å². The van der Waals surface area contributed by atoms with Gasteiger partial charge in [-0.2, -0.15) is 0 Å². The van der Waals surface area contributed by atoms with E-state index in [1.807, 2.05) is 0 Å². The number of halogens is 9. The lowest BCUT2D eigenvalue weighted by Gasteiger charge is -2.34. The van der Waals surface area contributed by atoms with Crippen LogP contribution in [-0.2, 0) is 138 Å². The van der Waals surface area contributed by atoms with Gasteiger partial charge >= 0.3 is 47.8 Å². The van der Waals surface area contributed by atoms with Crippen LogP contribution in [0.15, 0.2) is 0 Å². The minimum absolute atomic E-state index is 0.0204. The quantitative estimate of drug-likeness (QED) is 0.0137. The summed E-state index contributed by atoms with van der Waals surface area (Å²) in [5.74, 6) is -10.8. The van der Waals surface area contributed by atoms with E-state index in [9.17, 15) is 76.7 Å². The molecule has 0 fully saturated rings. The molecule has 0 saturated heterocycles. The predicted molar refractivity (Wildman–Crippen MR) is 491 cm³/mol. The Kier molecular flexibility index (Phi) is 54.1. The van der Waals surface area contributed by atoms with Crippen LogP contribution in [0.5, 0.6) is 0 Å². The van der Waals surface area contributed by atoms with E-state index in [4.69, 9.17) is 67.3 Å². The number of ether oxygens (including phenoxy) is 13. The molecule has 0 atom stereocenters. The molecule has 0 aliphatic carbocycles. The zero-order valence-corrected chi connectivity index (χ0v) is 88.7. The zero-order valence-electron chi connectivity index (χ0n) is 74.4. The lowest BCUT2D eigenvalue weighted by Crippen LogP contribution is -2.54. The molecule has 0 heterocycles. The molecule has 0 aliphatic rings. The van der Waals surface area contributed by atoms with Gasteiger partial charge in [-0.1, -0.05) is 143 Å². The number of esters is 8. The van der Waals surface area contributed by atoms with Crippen molar-refractivity contribution in [1.82, 2.24) is 37.2 Å². The van der Waals surface area contributed by atoms with Gasteiger partial charge in [-0.05, 0) is 131 Å². The van der Waals surface area contributed by atoms with Crippen LogP contribution in [0.25, 0.3) is 0 Å². The minimum atomic E-state index is -1.59. The van der Waals surface area contributed by atoms with Gasteiger partial charge in [-0.25, -0.2) is 0 Å². The van der Waals surface area contributed by atoms with Gasteiger partial charge in [0.05, 0.1) is 66.8 Å². The van der Waals surface area contributed by atoms with E-state index in [1.54, 1.807) is 41.5 Å². The van der Waals surface area contributed by atoms with Gasteiger partial charge in [0.1, 0.15) is 113 Å². The molecule has 0 aromatic heterocycles. The van der Waals surface area contributed by atoms with E-state index in [0.717, 1.165) is 0 Å². The summed E-state index contributed by atoms with van der Waals surface area (Å²) < 4.78 is 63.7. The van der Waals surface area contributed by atoms with Crippen molar-refractivity contribution in [1.29, 1.82) is 0 Å². The van der Waals surface area contributed by atoms with Crippen molar-refractivity contribution in [3.63, 3.8) is 0 Å². The van der Waals surface area contributed by atoms with Crippen LogP contribution in [0.1, 0.15) is 163 Å². The normalized spacial score (nSPS) is 12.7. The molecule has 9 N–H and O–H groups in total. The molecular formula is C79H127Br9N8O29. The Hall–Kier alpha value is -4.20. The Bertz CT molecular complexity index is 3000. The first-order valence-electron chi connectivity index (χ1n) is 39.7. The summed E-state index contributed by atoms with van der Waals surface area (Å²) in [7, 11) is 0. The van der Waals surface area contributed by atoms with E-state index >= 15 is 0 Å². The Morgan fingerprint density at radius 1 is 0.232 bits per heavy atom. The molecule has 37 nitrogen and oxygen atoms in total. The van der Waals surface area contributed by atoms with Gasteiger partial charge in [-0.15, -0.1) is 0 Å². The van der Waals surface area contributed by atoms with Crippen molar-refractivity contribution in [2.75, 3.05) is 171 Å². The Labute approximate surface area is 807 Å². The molecule has 0 aliphatic heterocycles. The maximum absolute atomic E-state index is 14.0. The lowest BCUT2D eigenvalue weighted by atomic mass is 9.83. The average Bonchev–Trinajstić information content (AvgIpc) is 0.835. The fraction of sp³-hybridized carbons (Fsp3) is 0.797. The summed E-state index contributed by atoms with van der Waals surface area (Å²) >= 11 is 29.5. The molecule has 0 aromatic carbocycles. The summed E-state index contributed by atoms with van der Waals surface area (Å²) in [4.78, 5) is 213. The minimum Gasteiger partial charge on any atom is -0.464 e. The van der Waals surface area contributed by atoms with Crippen molar-refractivity contribution >= 4 is 238 Å². The average molecular weight is 2370 g/mol. The first-order chi connectivity index (χ1) is 57.1. The second-order valence-electron chi connectivity index (χ2n) is 34.4. The van der Waals surface area contributed by atoms with E-state index in [2.05, 4.69) is 181 Å². The lowest BCUT2D eigenvalue weighted by molar-refractivity contribution is -0.172. The second-order valence-corrected chi connectivity index (χ2v) is 52.3. The second kappa shape index (κ2) is 56.0. The third-order valence-corrected chi connectivity index (χ3v) is 20.2. The Balaban J connectivity index is 7.47. The molecule has 0 bridgehead atoms. The van der Waals surface area contributed by atoms with Crippen molar-refractivity contribution in [2.24, 2.45) is 27.4 Å². The number of hydrogen-bond acceptors (Lipinski definition) is 30. The van der Waals surface area contributed by atoms with Gasteiger partial charge in [0.15, 0.2) is 0 Å². The number of Topliss-reactive ketones (excluding diaryl/α,β-unsaturated/α-hetero) is 1. The zero-order chi connectivity index (χ0) is 96.5. The topological polar surface area (TPSA) is 503 Å². The third-order valence-electron chi connectivity index (χ3n) is 17.1. The number of rotatable bonds is 65. The van der Waals surface area contributed by atoms with Crippen LogP contribution in [0.4, 0.5) is 0 Å². The molecule has 125 heavy (non-hydrogen) atoms. The molecule has 0 rings (SSSR count). The van der Waals surface area contributed by atoms with E-state index in [0.29, 0.717) is 0 Å². The molecule has 0 radical (unpaired) electrons. The van der Waals surface area contributed by atoms with Gasteiger partial charge < -0.3 is 105 Å². The van der Waals surface area contributed by atoms with E-state index in [-0.39, 0.29) is 117 Å². The summed E-state index contributed by atoms with van der Waals surface area (Å²) in [5.41, 5.74) is -0.557. The van der Waals surface area contributed by atoms with Crippen molar-refractivity contribution in [2.45, 2.75) is 202 Å². The number of carbonyl (C=O) groups is 16. The maximum Gasteiger partial charge on any atom is 0.322 e. The first-order valence-corrected chi connectivity index (χ1v) is 46.8. The molecule has 0 aromatic rings. The molecule has 0 spiro atoms. The number of hydrogen-bond donors (Lipinski definition) is 8. The van der Waals surface area contributed by atoms with Crippen LogP contribution < -0.4 is 43.0 Å². The fourth-order valence-corrected chi connectivity index (χ4v) is 10.4. The van der Waals surface area contributed by atoms with Gasteiger partial charge in [0.2, 0.25) is 41.4 Å². The molecule has 7 amide bonds. The largest absolute Gasteiger partial charge is 0.464 e. The van der Waals surface area contributed by atoms with Crippen molar-refractivity contribution in [3.05, 3.63) is 0 Å². The Morgan fingerprint density at radius 2 is 0.464 bits per heavy atom. The highest BCUT2D eigenvalue weighted by Crippen LogP contribution is 2.35. The highest BCUT2D eigenvalue weighted by Gasteiger charge is 2.45. The van der Waals surface area contributed by atoms with Gasteiger partial charge in [0.25, 0.3) is 0 Å². The number of amides is 7. The summed E-state index contributed by atoms with van der Waals surface area (Å²) in [6, 6.07) is 0. The van der Waals surface area contributed by atoms with Crippen LogP contribution in [0.3, 0.4) is 0 Å². The molecule has 720 valence electrons. The highest BCUT2D eigenvalue weighted by atomic mass is 79.9. The summed E-state index contributed by atoms with van der Waals surface area (Å²) in [6.45, 7) is 18.3. The van der Waals surface area contributed by atoms with Gasteiger partial charge in [0, 0.05) is 89.9 Å². The monoisotopic (exact) mass is 2360 g/mol. The molecule has 0 saturated carbocycles. The standard InChI is InChI=1S/C79H127Br9N8O29/c1-67(2,80)51(97)19-24-76(43-118-59(105)68(3,4)81,44-119-60(106)69(5,6)82)39-115-33-56(102)90-26-20-52(98)94-36-77(40-114-32-29-93-55(101)23-30-113-31-25-89,37-95-53(99)21-27-91-57(103)34-116-41-78(45-120-61(107)70(7,8)83,46-121-62(108)71(9,10)84)47-122-63(109)72(11,12)85)38-96-54(100)22-28-92-58(104)35-117-42-79(48-123-64(110)73(13,14)86,49-124-65(111)74(15,16)87)50-125-66(112)75(17,18)88/h19-50,89H2,1-18H3,(H,90,102)(H,91,103)(H,92,104)(H,93,101)(H,94,98)(H,95,99)(H,96,100). The maximum atomic E-state index is 14.0. The number of nitrogens with one attached hydrogen (secondary N) is 7. The molecule has 0 unspecified atom stereocenters. The van der Waals surface area contributed by atoms with E-state index in [1.165, 1.54) is 83.1 Å². The van der Waals surface area contributed by atoms with E-state index < -0.39 is 248 Å². The summed E-state index contributed by atoms with van der Waals surface area (Å²) in [5, 5.41) is 18.8. The third kappa shape index (κ3) is 53.8. The number of carbonyl (C=O) groups excluding carboxylic acids is 16. The SMILES string of the molecule is CC(C)(Br)C(=O)CCC(COCC(=O)NCCC(=O)NCC(CNC(=O)CCNC(=O)COCC(COC(=O)C(C)(C)Br)(COC(=O)C(C)(C)Br)COC(=O)C(C)(C)Br)(CNC(=O)CCNC(=O)COCC(COC(=O)C(C)(C)Br)(COC(=O)C(C)(C)Br)COC(=O)C(C)(C)Br)COCCNC(=O)CCOCCN)(COC(=O)C(C)(C)Br)COC(=O)C(C)(C)Br. The van der Waals surface area contributed by atoms with Crippen molar-refractivity contribution in [3.8, 4) is 0 Å². The van der Waals surface area contributed by atoms with Crippen LogP contribution in [0, 0.1) is 21.7 Å². The van der Waals surface area contributed by atoms with Crippen LogP contribution in [-0.4, -0.2) is 305 Å². The Morgan fingerprint density at radius 3 is 0.712 bits per heavy atom. The first kappa shape index (κ1) is 121. The summed E-state index contributed by atoms with van der Waals surface area (Å²) in [6.07, 6.45) is -1.33. The van der Waals surface area contributed by atoms with Crippen molar-refractivity contribution < 1.29 is 138 Å².